The maximum atomic E-state index is 13.2. The molecule has 0 radical (unpaired) electrons. The van der Waals surface area contributed by atoms with Gasteiger partial charge in [0, 0.05) is 29.2 Å². The van der Waals surface area contributed by atoms with Gasteiger partial charge >= 0.3 is 0 Å². The van der Waals surface area contributed by atoms with E-state index in [0.717, 1.165) is 30.2 Å². The van der Waals surface area contributed by atoms with Crippen LogP contribution in [0.15, 0.2) is 52.7 Å². The molecule has 0 unspecified atom stereocenters. The van der Waals surface area contributed by atoms with Crippen molar-refractivity contribution >= 4 is 38.9 Å². The van der Waals surface area contributed by atoms with Crippen molar-refractivity contribution in [1.29, 1.82) is 0 Å². The summed E-state index contributed by atoms with van der Waals surface area (Å²) in [7, 11) is -4.04. The smallest absolute Gasteiger partial charge is 0.259 e. The number of hydrogen-bond donors (Lipinski definition) is 3. The van der Waals surface area contributed by atoms with Crippen LogP contribution in [0.3, 0.4) is 0 Å². The van der Waals surface area contributed by atoms with Gasteiger partial charge in [0.15, 0.2) is 0 Å². The third-order valence-electron chi connectivity index (χ3n) is 5.45. The number of phenols is 1. The van der Waals surface area contributed by atoms with Gasteiger partial charge in [0.05, 0.1) is 10.5 Å². The average molecular weight is 472 g/mol. The largest absolute Gasteiger partial charge is 0.507 e. The number of rotatable bonds is 4. The lowest BCUT2D eigenvalue weighted by Gasteiger charge is -2.28. The van der Waals surface area contributed by atoms with Crippen LogP contribution < -0.4 is 10.5 Å². The van der Waals surface area contributed by atoms with Crippen molar-refractivity contribution in [2.45, 2.75) is 24.8 Å². The summed E-state index contributed by atoms with van der Waals surface area (Å²) in [5, 5.41) is 19.8. The van der Waals surface area contributed by atoms with E-state index in [1.54, 1.807) is 41.4 Å². The maximum absolute atomic E-state index is 13.2. The number of nitrogens with zero attached hydrogens (tertiary/aromatic N) is 1. The number of carbonyl (C=O) groups is 2. The van der Waals surface area contributed by atoms with Crippen molar-refractivity contribution < 1.29 is 23.1 Å². The zero-order chi connectivity index (χ0) is 23.0. The van der Waals surface area contributed by atoms with Crippen LogP contribution in [0.2, 0.25) is 0 Å². The number of amides is 2. The first kappa shape index (κ1) is 22.0. The number of anilines is 1. The van der Waals surface area contributed by atoms with Gasteiger partial charge in [-0.2, -0.15) is 0 Å². The first-order chi connectivity index (χ1) is 15.1. The minimum absolute atomic E-state index is 0.130. The van der Waals surface area contributed by atoms with Gasteiger partial charge in [-0.05, 0) is 66.2 Å². The lowest BCUT2D eigenvalue weighted by Crippen LogP contribution is -2.35. The standard InChI is InChI=1S/C22H21N3O5S2/c1-13-16(22(28)25-9-7-20-14(12-25)8-10-31-20)3-2-4-18(13)24-21(27)17-11-15(32(23,29)30)5-6-19(17)26/h2-6,8,10-11,26H,7,9,12H2,1H3,(H,24,27)(H2,23,29,30). The predicted octanol–water partition coefficient (Wildman–Crippen LogP) is 2.86. The number of aromatic hydroxyl groups is 1. The Morgan fingerprint density at radius 3 is 2.69 bits per heavy atom. The van der Waals surface area contributed by atoms with Gasteiger partial charge in [-0.15, -0.1) is 11.3 Å². The highest BCUT2D eigenvalue weighted by Gasteiger charge is 2.25. The predicted molar refractivity (Wildman–Crippen MR) is 121 cm³/mol. The molecule has 1 aliphatic rings. The molecule has 0 atom stereocenters. The number of carbonyl (C=O) groups excluding carboxylic acids is 2. The molecule has 0 spiro atoms. The second-order valence-corrected chi connectivity index (χ2v) is 10.1. The molecule has 2 heterocycles. The molecule has 3 aromatic rings. The number of primary sulfonamides is 1. The summed E-state index contributed by atoms with van der Waals surface area (Å²) < 4.78 is 23.2. The third-order valence-corrected chi connectivity index (χ3v) is 7.38. The molecule has 4 N–H and O–H groups in total. The first-order valence-corrected chi connectivity index (χ1v) is 12.2. The van der Waals surface area contributed by atoms with E-state index in [2.05, 4.69) is 5.32 Å². The molecule has 1 aliphatic heterocycles. The topological polar surface area (TPSA) is 130 Å². The molecule has 0 saturated heterocycles. The van der Waals surface area contributed by atoms with E-state index in [1.807, 2.05) is 11.4 Å². The van der Waals surface area contributed by atoms with E-state index in [4.69, 9.17) is 5.14 Å². The lowest BCUT2D eigenvalue weighted by molar-refractivity contribution is 0.0735. The highest BCUT2D eigenvalue weighted by molar-refractivity contribution is 7.89. The highest BCUT2D eigenvalue weighted by atomic mass is 32.2. The number of phenolic OH excluding ortho intramolecular Hbond substituents is 1. The fourth-order valence-corrected chi connectivity index (χ4v) is 5.09. The van der Waals surface area contributed by atoms with Crippen molar-refractivity contribution in [2.75, 3.05) is 11.9 Å². The second-order valence-electron chi connectivity index (χ2n) is 7.50. The van der Waals surface area contributed by atoms with Gasteiger partial charge in [0.1, 0.15) is 5.75 Å². The van der Waals surface area contributed by atoms with Crippen LogP contribution in [-0.2, 0) is 23.0 Å². The molecule has 0 saturated carbocycles. The summed E-state index contributed by atoms with van der Waals surface area (Å²) in [4.78, 5) is 28.7. The van der Waals surface area contributed by atoms with E-state index >= 15 is 0 Å². The Kier molecular flexibility index (Phi) is 5.76. The minimum Gasteiger partial charge on any atom is -0.507 e. The van der Waals surface area contributed by atoms with E-state index in [1.165, 1.54) is 4.88 Å². The van der Waals surface area contributed by atoms with Gasteiger partial charge in [-0.1, -0.05) is 6.07 Å². The molecule has 166 valence electrons. The van der Waals surface area contributed by atoms with Crippen LogP contribution in [-0.4, -0.2) is 36.8 Å². The first-order valence-electron chi connectivity index (χ1n) is 9.76. The summed E-state index contributed by atoms with van der Waals surface area (Å²) in [6.07, 6.45) is 0.813. The lowest BCUT2D eigenvalue weighted by atomic mass is 10.0. The Morgan fingerprint density at radius 1 is 1.16 bits per heavy atom. The molecular weight excluding hydrogens is 450 g/mol. The van der Waals surface area contributed by atoms with E-state index in [0.29, 0.717) is 29.9 Å². The van der Waals surface area contributed by atoms with E-state index < -0.39 is 15.9 Å². The molecule has 4 rings (SSSR count). The summed E-state index contributed by atoms with van der Waals surface area (Å²) in [5.74, 6) is -1.24. The quantitative estimate of drug-likeness (QED) is 0.539. The van der Waals surface area contributed by atoms with Crippen LogP contribution >= 0.6 is 11.3 Å². The Hall–Kier alpha value is -3.21. The fraction of sp³-hybridized carbons (Fsp3) is 0.182. The van der Waals surface area contributed by atoms with Gasteiger partial charge in [-0.25, -0.2) is 13.6 Å². The van der Waals surface area contributed by atoms with Gasteiger partial charge in [0.25, 0.3) is 11.8 Å². The van der Waals surface area contributed by atoms with Crippen molar-refractivity contribution in [1.82, 2.24) is 4.90 Å². The van der Waals surface area contributed by atoms with Gasteiger partial charge in [-0.3, -0.25) is 9.59 Å². The Labute approximate surface area is 189 Å². The zero-order valence-corrected chi connectivity index (χ0v) is 18.8. The molecule has 0 fully saturated rings. The SMILES string of the molecule is Cc1c(NC(=O)c2cc(S(N)(=O)=O)ccc2O)cccc1C(=O)N1CCc2sccc2C1. The summed E-state index contributed by atoms with van der Waals surface area (Å²) in [5.41, 5.74) is 2.33. The minimum atomic E-state index is -4.04. The molecule has 10 heteroatoms. The Morgan fingerprint density at radius 2 is 1.94 bits per heavy atom. The highest BCUT2D eigenvalue weighted by Crippen LogP contribution is 2.28. The Balaban J connectivity index is 1.58. The molecule has 32 heavy (non-hydrogen) atoms. The normalized spacial score (nSPS) is 13.5. The number of fused-ring (bicyclic) bond motifs is 1. The molecule has 0 aliphatic carbocycles. The van der Waals surface area contributed by atoms with Crippen molar-refractivity contribution in [3.8, 4) is 5.75 Å². The van der Waals surface area contributed by atoms with E-state index in [-0.39, 0.29) is 22.1 Å². The fourth-order valence-electron chi connectivity index (χ4n) is 3.66. The Bertz CT molecular complexity index is 1330. The number of nitrogens with two attached hydrogens (primary N) is 1. The van der Waals surface area contributed by atoms with Crippen LogP contribution in [0, 0.1) is 6.92 Å². The summed E-state index contributed by atoms with van der Waals surface area (Å²) >= 11 is 1.70. The molecule has 1 aromatic heterocycles. The number of thiophene rings is 1. The van der Waals surface area contributed by atoms with Crippen LogP contribution in [0.1, 0.15) is 36.7 Å². The maximum Gasteiger partial charge on any atom is 0.259 e. The van der Waals surface area contributed by atoms with Crippen LogP contribution in [0.25, 0.3) is 0 Å². The monoisotopic (exact) mass is 471 g/mol. The van der Waals surface area contributed by atoms with Crippen LogP contribution in [0.4, 0.5) is 5.69 Å². The summed E-state index contributed by atoms with van der Waals surface area (Å²) in [6.45, 7) is 2.89. The number of hydrogen-bond acceptors (Lipinski definition) is 6. The van der Waals surface area contributed by atoms with Gasteiger partial charge in [0.2, 0.25) is 10.0 Å². The number of benzene rings is 2. The molecule has 2 aromatic carbocycles. The summed E-state index contributed by atoms with van der Waals surface area (Å²) in [6, 6.07) is 10.3. The third kappa shape index (κ3) is 4.24. The van der Waals surface area contributed by atoms with Crippen molar-refractivity contribution in [2.24, 2.45) is 5.14 Å². The number of nitrogens with one attached hydrogen (secondary N) is 1. The second kappa shape index (κ2) is 8.38. The molecule has 0 bridgehead atoms. The number of sulfonamides is 1. The zero-order valence-electron chi connectivity index (χ0n) is 17.2. The van der Waals surface area contributed by atoms with Crippen molar-refractivity contribution in [3.63, 3.8) is 0 Å². The molecular formula is C22H21N3O5S2. The van der Waals surface area contributed by atoms with Gasteiger partial charge < -0.3 is 15.3 Å². The van der Waals surface area contributed by atoms with Crippen LogP contribution in [0.5, 0.6) is 5.75 Å². The molecule has 8 nitrogen and oxygen atoms in total. The average Bonchev–Trinajstić information content (AvgIpc) is 3.22. The van der Waals surface area contributed by atoms with Crippen molar-refractivity contribution in [3.05, 3.63) is 75.0 Å². The molecule has 2 amide bonds. The van der Waals surface area contributed by atoms with E-state index in [9.17, 15) is 23.1 Å².